The van der Waals surface area contributed by atoms with Crippen LogP contribution >= 0.6 is 0 Å². The highest BCUT2D eigenvalue weighted by atomic mass is 15.2. The third-order valence-electron chi connectivity index (χ3n) is 3.91. The number of aromatic nitrogens is 2. The Hall–Kier alpha value is -1.16. The van der Waals surface area contributed by atoms with Crippen LogP contribution in [0.5, 0.6) is 0 Å². The summed E-state index contributed by atoms with van der Waals surface area (Å²) in [4.78, 5) is 10.8. The smallest absolute Gasteiger partial charge is 0.147 e. The minimum atomic E-state index is 0.621. The molecular weight excluding hydrogens is 200 g/mol. The van der Waals surface area contributed by atoms with Crippen molar-refractivity contribution in [3.05, 3.63) is 18.6 Å². The molecule has 1 N–H and O–H groups in total. The molecule has 1 aromatic rings. The highest BCUT2D eigenvalue weighted by Gasteiger charge is 2.35. The lowest BCUT2D eigenvalue weighted by atomic mass is 9.99. The van der Waals surface area contributed by atoms with Gasteiger partial charge < -0.3 is 10.2 Å². The van der Waals surface area contributed by atoms with E-state index in [0.717, 1.165) is 17.9 Å². The molecule has 2 aliphatic rings. The summed E-state index contributed by atoms with van der Waals surface area (Å²) in [6, 6.07) is 2.07. The molecule has 0 radical (unpaired) electrons. The monoisotopic (exact) mass is 218 g/mol. The zero-order valence-electron chi connectivity index (χ0n) is 9.63. The van der Waals surface area contributed by atoms with Gasteiger partial charge in [0.05, 0.1) is 6.20 Å². The van der Waals surface area contributed by atoms with Crippen molar-refractivity contribution in [2.24, 2.45) is 0 Å². The molecule has 16 heavy (non-hydrogen) atoms. The second-order valence-electron chi connectivity index (χ2n) is 4.94. The lowest BCUT2D eigenvalue weighted by molar-refractivity contribution is 0.353. The van der Waals surface area contributed by atoms with Gasteiger partial charge in [-0.1, -0.05) is 0 Å². The Kier molecular flexibility index (Phi) is 2.52. The van der Waals surface area contributed by atoms with Gasteiger partial charge in [-0.2, -0.15) is 0 Å². The molecule has 0 aliphatic carbocycles. The van der Waals surface area contributed by atoms with E-state index >= 15 is 0 Å². The molecule has 4 heteroatoms. The van der Waals surface area contributed by atoms with E-state index in [1.807, 2.05) is 6.20 Å². The van der Waals surface area contributed by atoms with Gasteiger partial charge in [0.2, 0.25) is 0 Å². The fourth-order valence-corrected chi connectivity index (χ4v) is 3.00. The average molecular weight is 218 g/mol. The first-order valence-electron chi connectivity index (χ1n) is 6.08. The SMILES string of the molecule is CN(c1cnccn1)C1CC2CCC(C1)N2. The number of anilines is 1. The number of piperidine rings is 1. The fraction of sp³-hybridized carbons (Fsp3) is 0.667. The Bertz CT molecular complexity index is 341. The summed E-state index contributed by atoms with van der Waals surface area (Å²) in [6.45, 7) is 0. The van der Waals surface area contributed by atoms with Crippen LogP contribution in [-0.2, 0) is 0 Å². The summed E-state index contributed by atoms with van der Waals surface area (Å²) in [6.07, 6.45) is 10.5. The molecule has 4 nitrogen and oxygen atoms in total. The van der Waals surface area contributed by atoms with Crippen molar-refractivity contribution in [1.82, 2.24) is 15.3 Å². The first kappa shape index (κ1) is 10.0. The fourth-order valence-electron chi connectivity index (χ4n) is 3.00. The summed E-state index contributed by atoms with van der Waals surface area (Å²) >= 11 is 0. The van der Waals surface area contributed by atoms with Crippen molar-refractivity contribution in [1.29, 1.82) is 0 Å². The molecule has 0 amide bonds. The van der Waals surface area contributed by atoms with E-state index in [0.29, 0.717) is 6.04 Å². The Morgan fingerprint density at radius 2 is 2.00 bits per heavy atom. The standard InChI is InChI=1S/C12H18N4/c1-16(12-8-13-4-5-14-12)11-6-9-2-3-10(7-11)15-9/h4-5,8-11,15H,2-3,6-7H2,1H3. The molecule has 2 aliphatic heterocycles. The third kappa shape index (κ3) is 1.78. The van der Waals surface area contributed by atoms with E-state index in [2.05, 4.69) is 27.2 Å². The third-order valence-corrected chi connectivity index (χ3v) is 3.91. The van der Waals surface area contributed by atoms with Gasteiger partial charge in [0.1, 0.15) is 5.82 Å². The molecule has 2 atom stereocenters. The Balaban J connectivity index is 1.73. The normalized spacial score (nSPS) is 32.7. The lowest BCUT2D eigenvalue weighted by Gasteiger charge is -2.36. The minimum absolute atomic E-state index is 0.621. The van der Waals surface area contributed by atoms with Crippen LogP contribution in [0.15, 0.2) is 18.6 Å². The van der Waals surface area contributed by atoms with Crippen LogP contribution in [-0.4, -0.2) is 35.1 Å². The molecule has 3 rings (SSSR count). The Morgan fingerprint density at radius 1 is 1.25 bits per heavy atom. The van der Waals surface area contributed by atoms with Crippen LogP contribution in [0.25, 0.3) is 0 Å². The highest BCUT2D eigenvalue weighted by molar-refractivity contribution is 5.35. The summed E-state index contributed by atoms with van der Waals surface area (Å²) in [5, 5.41) is 3.66. The van der Waals surface area contributed by atoms with Crippen LogP contribution in [0.3, 0.4) is 0 Å². The van der Waals surface area contributed by atoms with Gasteiger partial charge in [0, 0.05) is 37.6 Å². The van der Waals surface area contributed by atoms with Gasteiger partial charge in [-0.15, -0.1) is 0 Å². The quantitative estimate of drug-likeness (QED) is 0.809. The minimum Gasteiger partial charge on any atom is -0.355 e. The van der Waals surface area contributed by atoms with Crippen molar-refractivity contribution in [3.8, 4) is 0 Å². The number of rotatable bonds is 2. The number of nitrogens with zero attached hydrogens (tertiary/aromatic N) is 3. The Morgan fingerprint density at radius 3 is 2.62 bits per heavy atom. The van der Waals surface area contributed by atoms with Gasteiger partial charge >= 0.3 is 0 Å². The zero-order chi connectivity index (χ0) is 11.0. The molecule has 2 unspecified atom stereocenters. The van der Waals surface area contributed by atoms with E-state index in [-0.39, 0.29) is 0 Å². The maximum Gasteiger partial charge on any atom is 0.147 e. The van der Waals surface area contributed by atoms with Crippen LogP contribution in [0.2, 0.25) is 0 Å². The molecule has 2 saturated heterocycles. The number of hydrogen-bond donors (Lipinski definition) is 1. The molecule has 2 bridgehead atoms. The van der Waals surface area contributed by atoms with Crippen molar-refractivity contribution >= 4 is 5.82 Å². The molecule has 2 fully saturated rings. The maximum atomic E-state index is 4.37. The van der Waals surface area contributed by atoms with Crippen LogP contribution in [0.1, 0.15) is 25.7 Å². The zero-order valence-corrected chi connectivity index (χ0v) is 9.63. The van der Waals surface area contributed by atoms with E-state index in [4.69, 9.17) is 0 Å². The van der Waals surface area contributed by atoms with Crippen LogP contribution in [0.4, 0.5) is 5.82 Å². The largest absolute Gasteiger partial charge is 0.355 e. The molecule has 3 heterocycles. The van der Waals surface area contributed by atoms with Gasteiger partial charge in [0.15, 0.2) is 0 Å². The van der Waals surface area contributed by atoms with E-state index in [1.54, 1.807) is 12.4 Å². The molecule has 0 spiro atoms. The molecular formula is C12H18N4. The van der Waals surface area contributed by atoms with E-state index < -0.39 is 0 Å². The van der Waals surface area contributed by atoms with E-state index in [9.17, 15) is 0 Å². The van der Waals surface area contributed by atoms with Crippen LogP contribution < -0.4 is 10.2 Å². The van der Waals surface area contributed by atoms with E-state index in [1.165, 1.54) is 25.7 Å². The second-order valence-corrected chi connectivity index (χ2v) is 4.94. The number of nitrogens with one attached hydrogen (secondary N) is 1. The van der Waals surface area contributed by atoms with Crippen molar-refractivity contribution in [3.63, 3.8) is 0 Å². The maximum absolute atomic E-state index is 4.37. The summed E-state index contributed by atoms with van der Waals surface area (Å²) in [5.41, 5.74) is 0. The molecule has 1 aromatic heterocycles. The van der Waals surface area contributed by atoms with Crippen LogP contribution in [0, 0.1) is 0 Å². The summed E-state index contributed by atoms with van der Waals surface area (Å²) in [5.74, 6) is 0.994. The number of hydrogen-bond acceptors (Lipinski definition) is 4. The summed E-state index contributed by atoms with van der Waals surface area (Å²) < 4.78 is 0. The first-order valence-corrected chi connectivity index (χ1v) is 6.08. The van der Waals surface area contributed by atoms with Crippen molar-refractivity contribution in [2.45, 2.75) is 43.8 Å². The van der Waals surface area contributed by atoms with Crippen molar-refractivity contribution in [2.75, 3.05) is 11.9 Å². The highest BCUT2D eigenvalue weighted by Crippen LogP contribution is 2.30. The molecule has 0 aromatic carbocycles. The van der Waals surface area contributed by atoms with Gasteiger partial charge in [-0.25, -0.2) is 4.98 Å². The summed E-state index contributed by atoms with van der Waals surface area (Å²) in [7, 11) is 2.14. The first-order chi connectivity index (χ1) is 7.83. The van der Waals surface area contributed by atoms with Gasteiger partial charge in [-0.3, -0.25) is 4.98 Å². The molecule has 86 valence electrons. The predicted molar refractivity (Wildman–Crippen MR) is 63.4 cm³/mol. The van der Waals surface area contributed by atoms with Crippen molar-refractivity contribution < 1.29 is 0 Å². The second kappa shape index (κ2) is 4.01. The Labute approximate surface area is 96.1 Å². The average Bonchev–Trinajstić information content (AvgIpc) is 2.68. The van der Waals surface area contributed by atoms with Gasteiger partial charge in [-0.05, 0) is 25.7 Å². The predicted octanol–water partition coefficient (Wildman–Crippen LogP) is 1.20. The molecule has 0 saturated carbocycles. The van der Waals surface area contributed by atoms with Gasteiger partial charge in [0.25, 0.3) is 0 Å². The lowest BCUT2D eigenvalue weighted by Crippen LogP contribution is -2.47. The topological polar surface area (TPSA) is 41.1 Å². The number of fused-ring (bicyclic) bond motifs is 2.